The van der Waals surface area contributed by atoms with Gasteiger partial charge in [-0.3, -0.25) is 0 Å². The summed E-state index contributed by atoms with van der Waals surface area (Å²) >= 11 is 0. The summed E-state index contributed by atoms with van der Waals surface area (Å²) in [7, 11) is -1.80. The van der Waals surface area contributed by atoms with Gasteiger partial charge in [0.2, 0.25) is 10.0 Å². The molecule has 0 aliphatic heterocycles. The fourth-order valence-electron chi connectivity index (χ4n) is 2.64. The Hall–Kier alpha value is -1.69. The van der Waals surface area contributed by atoms with Gasteiger partial charge in [0.15, 0.2) is 0 Å². The van der Waals surface area contributed by atoms with Gasteiger partial charge >= 0.3 is 0 Å². The van der Waals surface area contributed by atoms with Crippen molar-refractivity contribution in [2.75, 3.05) is 13.4 Å². The molecule has 0 amide bonds. The van der Waals surface area contributed by atoms with E-state index < -0.39 is 21.7 Å². The molecule has 22 heavy (non-hydrogen) atoms. The van der Waals surface area contributed by atoms with E-state index in [0.29, 0.717) is 0 Å². The SMILES string of the molecule is CC=CC1=CC(NS(C)(=O)=O)C(OC)(c2ccccc2)C=C1. The molecule has 2 rings (SSSR count). The first-order valence-electron chi connectivity index (χ1n) is 7.03. The molecule has 0 saturated carbocycles. The topological polar surface area (TPSA) is 55.4 Å². The third kappa shape index (κ3) is 3.55. The van der Waals surface area contributed by atoms with Crippen LogP contribution in [0.5, 0.6) is 0 Å². The second kappa shape index (κ2) is 6.60. The first kappa shape index (κ1) is 16.7. The van der Waals surface area contributed by atoms with Crippen molar-refractivity contribution in [1.29, 1.82) is 0 Å². The van der Waals surface area contributed by atoms with Crippen LogP contribution in [0.4, 0.5) is 0 Å². The standard InChI is InChI=1S/C17H21NO3S/c1-4-8-14-11-12-17(21-2,15-9-6-5-7-10-15)16(13-14)18-22(3,19)20/h4-13,16,18H,1-3H3. The zero-order valence-electron chi connectivity index (χ0n) is 13.0. The van der Waals surface area contributed by atoms with E-state index in [9.17, 15) is 8.42 Å². The predicted molar refractivity (Wildman–Crippen MR) is 88.9 cm³/mol. The zero-order valence-corrected chi connectivity index (χ0v) is 13.8. The molecular formula is C17H21NO3S. The average Bonchev–Trinajstić information content (AvgIpc) is 2.48. The van der Waals surface area contributed by atoms with Crippen LogP contribution >= 0.6 is 0 Å². The van der Waals surface area contributed by atoms with Crippen molar-refractivity contribution in [3.8, 4) is 0 Å². The molecule has 1 aromatic carbocycles. The molecule has 2 unspecified atom stereocenters. The van der Waals surface area contributed by atoms with Crippen LogP contribution in [0.3, 0.4) is 0 Å². The minimum atomic E-state index is -3.38. The summed E-state index contributed by atoms with van der Waals surface area (Å²) in [5.74, 6) is 0. The molecule has 1 aliphatic carbocycles. The predicted octanol–water partition coefficient (Wildman–Crippen LogP) is 2.52. The lowest BCUT2D eigenvalue weighted by Gasteiger charge is -2.38. The van der Waals surface area contributed by atoms with E-state index in [1.54, 1.807) is 7.11 Å². The maximum absolute atomic E-state index is 11.8. The van der Waals surface area contributed by atoms with Crippen LogP contribution in [0, 0.1) is 0 Å². The molecule has 4 nitrogen and oxygen atoms in total. The van der Waals surface area contributed by atoms with Gasteiger partial charge in [0.25, 0.3) is 0 Å². The highest BCUT2D eigenvalue weighted by molar-refractivity contribution is 7.88. The molecule has 1 aliphatic rings. The lowest BCUT2D eigenvalue weighted by atomic mass is 9.81. The molecule has 0 spiro atoms. The Morgan fingerprint density at radius 1 is 1.27 bits per heavy atom. The van der Waals surface area contributed by atoms with Gasteiger partial charge in [-0.1, -0.05) is 54.6 Å². The first-order chi connectivity index (χ1) is 10.4. The van der Waals surface area contributed by atoms with E-state index in [1.165, 1.54) is 0 Å². The van der Waals surface area contributed by atoms with Gasteiger partial charge in [-0.2, -0.15) is 0 Å². The molecule has 5 heteroatoms. The van der Waals surface area contributed by atoms with Gasteiger partial charge in [0.1, 0.15) is 5.60 Å². The first-order valence-corrected chi connectivity index (χ1v) is 8.92. The molecular weight excluding hydrogens is 298 g/mol. The van der Waals surface area contributed by atoms with Gasteiger partial charge in [0.05, 0.1) is 12.3 Å². The van der Waals surface area contributed by atoms with E-state index in [1.807, 2.05) is 67.6 Å². The summed E-state index contributed by atoms with van der Waals surface area (Å²) < 4.78 is 32.0. The second-order valence-electron chi connectivity index (χ2n) is 5.23. The molecule has 118 valence electrons. The van der Waals surface area contributed by atoms with Gasteiger partial charge in [0, 0.05) is 7.11 Å². The monoisotopic (exact) mass is 319 g/mol. The molecule has 0 saturated heterocycles. The summed E-state index contributed by atoms with van der Waals surface area (Å²) in [4.78, 5) is 0. The minimum absolute atomic E-state index is 0.522. The number of rotatable bonds is 5. The van der Waals surface area contributed by atoms with Crippen LogP contribution in [-0.4, -0.2) is 27.8 Å². The highest BCUT2D eigenvalue weighted by atomic mass is 32.2. The van der Waals surface area contributed by atoms with Crippen molar-refractivity contribution in [3.05, 3.63) is 71.8 Å². The molecule has 0 bridgehead atoms. The smallest absolute Gasteiger partial charge is 0.209 e. The molecule has 0 aromatic heterocycles. The van der Waals surface area contributed by atoms with Crippen LogP contribution in [-0.2, 0) is 20.4 Å². The van der Waals surface area contributed by atoms with Crippen molar-refractivity contribution in [1.82, 2.24) is 4.72 Å². The maximum atomic E-state index is 11.8. The van der Waals surface area contributed by atoms with Gasteiger partial charge < -0.3 is 4.74 Å². The number of ether oxygens (including phenoxy) is 1. The van der Waals surface area contributed by atoms with Gasteiger partial charge in [-0.15, -0.1) is 0 Å². The van der Waals surface area contributed by atoms with Crippen molar-refractivity contribution in [3.63, 3.8) is 0 Å². The number of hydrogen-bond acceptors (Lipinski definition) is 3. The van der Waals surface area contributed by atoms with E-state index in [4.69, 9.17) is 4.74 Å². The lowest BCUT2D eigenvalue weighted by molar-refractivity contribution is 0.0129. The van der Waals surface area contributed by atoms with E-state index in [0.717, 1.165) is 17.4 Å². The molecule has 1 aromatic rings. The number of methoxy groups -OCH3 is 1. The number of allylic oxidation sites excluding steroid dienone is 4. The summed E-state index contributed by atoms with van der Waals surface area (Å²) in [6.07, 6.45) is 10.7. The molecule has 0 radical (unpaired) electrons. The number of sulfonamides is 1. The Morgan fingerprint density at radius 3 is 2.50 bits per heavy atom. The van der Waals surface area contributed by atoms with Crippen molar-refractivity contribution in [2.45, 2.75) is 18.6 Å². The Labute approximate surface area is 132 Å². The van der Waals surface area contributed by atoms with Crippen LogP contribution < -0.4 is 4.72 Å². The zero-order chi connectivity index (χ0) is 16.2. The van der Waals surface area contributed by atoms with Crippen LogP contribution in [0.25, 0.3) is 0 Å². The van der Waals surface area contributed by atoms with Crippen LogP contribution in [0.15, 0.2) is 66.3 Å². The highest BCUT2D eigenvalue weighted by Gasteiger charge is 2.40. The number of benzene rings is 1. The average molecular weight is 319 g/mol. The normalized spacial score (nSPS) is 25.4. The second-order valence-corrected chi connectivity index (χ2v) is 7.01. The van der Waals surface area contributed by atoms with Gasteiger partial charge in [-0.05, 0) is 24.1 Å². The Balaban J connectivity index is 2.54. The molecule has 0 heterocycles. The van der Waals surface area contributed by atoms with Crippen LogP contribution in [0.1, 0.15) is 12.5 Å². The van der Waals surface area contributed by atoms with Crippen LogP contribution in [0.2, 0.25) is 0 Å². The number of nitrogens with one attached hydrogen (secondary N) is 1. The van der Waals surface area contributed by atoms with Crippen molar-refractivity contribution in [2.24, 2.45) is 0 Å². The Kier molecular flexibility index (Phi) is 5.01. The fourth-order valence-corrected chi connectivity index (χ4v) is 3.34. The largest absolute Gasteiger partial charge is 0.367 e. The summed E-state index contributed by atoms with van der Waals surface area (Å²) in [5, 5.41) is 0. The van der Waals surface area contributed by atoms with Crippen molar-refractivity contribution < 1.29 is 13.2 Å². The lowest BCUT2D eigenvalue weighted by Crippen LogP contribution is -2.50. The number of hydrogen-bond donors (Lipinski definition) is 1. The minimum Gasteiger partial charge on any atom is -0.367 e. The van der Waals surface area contributed by atoms with E-state index in [-0.39, 0.29) is 0 Å². The molecule has 2 atom stereocenters. The maximum Gasteiger partial charge on any atom is 0.209 e. The Morgan fingerprint density at radius 2 is 1.95 bits per heavy atom. The molecule has 0 fully saturated rings. The third-order valence-corrected chi connectivity index (χ3v) is 4.29. The fraction of sp³-hybridized carbons (Fsp3) is 0.294. The third-order valence-electron chi connectivity index (χ3n) is 3.61. The van der Waals surface area contributed by atoms with Crippen molar-refractivity contribution >= 4 is 10.0 Å². The van der Waals surface area contributed by atoms with E-state index >= 15 is 0 Å². The summed E-state index contributed by atoms with van der Waals surface area (Å²) in [6, 6.07) is 9.07. The van der Waals surface area contributed by atoms with E-state index in [2.05, 4.69) is 4.72 Å². The quantitative estimate of drug-likeness (QED) is 0.907. The summed E-state index contributed by atoms with van der Waals surface area (Å²) in [6.45, 7) is 1.92. The Bertz CT molecular complexity index is 705. The van der Waals surface area contributed by atoms with Gasteiger partial charge in [-0.25, -0.2) is 13.1 Å². The molecule has 1 N–H and O–H groups in total. The highest BCUT2D eigenvalue weighted by Crippen LogP contribution is 2.35. The summed E-state index contributed by atoms with van der Waals surface area (Å²) in [5.41, 5.74) is 0.966.